The Balaban J connectivity index is 1.61. The van der Waals surface area contributed by atoms with Crippen molar-refractivity contribution >= 4 is 12.0 Å². The Morgan fingerprint density at radius 3 is 2.29 bits per heavy atom. The molecule has 4 fully saturated rings. The first-order chi connectivity index (χ1) is 21.0. The number of allylic oxidation sites excluding steroid dienone is 3. The molecule has 4 heteroatoms. The molecule has 246 valence electrons. The van der Waals surface area contributed by atoms with Crippen molar-refractivity contribution in [3.63, 3.8) is 0 Å². The standard InChI is InChI=1S/C41H58O4/c1-11-28-15-17-29(18-16-28)41(10)27(6)19-21-38(7)34(41)20-22-39(8)36(38)32(42)23-31-35(30(37(43)44)14-12-13-25(2)3)33(45-26(4)5)24-40(31,39)9/h11,13,15-18,27,31-34,36,42H,1,4,12,14,19-24H2,2-3,5-10H3,(H,43,44)/b35-30-/t27-,31+,32-,33?,34+,36+,38+,39+,40+,41-/m1/s1. The number of benzene rings is 1. The van der Waals surface area contributed by atoms with Gasteiger partial charge in [0.05, 0.1) is 11.9 Å². The normalized spacial score (nSPS) is 41.6. The average Bonchev–Trinajstić information content (AvgIpc) is 3.24. The molecule has 1 aromatic rings. The van der Waals surface area contributed by atoms with Crippen molar-refractivity contribution in [3.05, 3.63) is 77.1 Å². The van der Waals surface area contributed by atoms with Crippen molar-refractivity contribution in [1.29, 1.82) is 0 Å². The lowest BCUT2D eigenvalue weighted by Gasteiger charge is -2.71. The molecule has 0 aliphatic heterocycles. The van der Waals surface area contributed by atoms with Crippen LogP contribution in [0.5, 0.6) is 0 Å². The number of hydrogen-bond donors (Lipinski definition) is 2. The Kier molecular flexibility index (Phi) is 8.92. The van der Waals surface area contributed by atoms with Gasteiger partial charge in [-0.1, -0.05) is 89.8 Å². The largest absolute Gasteiger partial charge is 0.491 e. The molecular formula is C41H58O4. The number of aliphatic carboxylic acids is 1. The Morgan fingerprint density at radius 2 is 1.71 bits per heavy atom. The zero-order chi connectivity index (χ0) is 33.1. The third-order valence-electron chi connectivity index (χ3n) is 13.9. The summed E-state index contributed by atoms with van der Waals surface area (Å²) in [7, 11) is 0. The Hall–Kier alpha value is -2.59. The zero-order valence-electron chi connectivity index (χ0n) is 29.2. The molecule has 1 aromatic carbocycles. The van der Waals surface area contributed by atoms with Crippen LogP contribution in [0.3, 0.4) is 0 Å². The first-order valence-corrected chi connectivity index (χ1v) is 17.4. The van der Waals surface area contributed by atoms with Crippen LogP contribution < -0.4 is 0 Å². The monoisotopic (exact) mass is 614 g/mol. The van der Waals surface area contributed by atoms with E-state index in [9.17, 15) is 15.0 Å². The Morgan fingerprint density at radius 1 is 1.04 bits per heavy atom. The molecule has 0 spiro atoms. The van der Waals surface area contributed by atoms with Crippen LogP contribution in [0.4, 0.5) is 0 Å². The highest BCUT2D eigenvalue weighted by molar-refractivity contribution is 5.88. The summed E-state index contributed by atoms with van der Waals surface area (Å²) in [6.45, 7) is 26.2. The number of aliphatic hydroxyl groups is 1. The third-order valence-corrected chi connectivity index (χ3v) is 13.9. The summed E-state index contributed by atoms with van der Waals surface area (Å²) in [6, 6.07) is 9.04. The minimum Gasteiger partial charge on any atom is -0.491 e. The maximum absolute atomic E-state index is 12.9. The fourth-order valence-corrected chi connectivity index (χ4v) is 11.6. The summed E-state index contributed by atoms with van der Waals surface area (Å²) in [5.74, 6) is 0.806. The number of aliphatic hydroxyl groups excluding tert-OH is 1. The molecule has 2 N–H and O–H groups in total. The highest BCUT2D eigenvalue weighted by Gasteiger charge is 2.72. The lowest BCUT2D eigenvalue weighted by Crippen LogP contribution is -2.67. The molecule has 45 heavy (non-hydrogen) atoms. The quantitative estimate of drug-likeness (QED) is 0.174. The van der Waals surface area contributed by atoms with Crippen molar-refractivity contribution in [2.45, 2.75) is 124 Å². The van der Waals surface area contributed by atoms with Crippen molar-refractivity contribution < 1.29 is 19.7 Å². The smallest absolute Gasteiger partial charge is 0.331 e. The number of ether oxygens (including phenoxy) is 1. The number of fused-ring (bicyclic) bond motifs is 5. The lowest BCUT2D eigenvalue weighted by atomic mass is 9.34. The summed E-state index contributed by atoms with van der Waals surface area (Å²) < 4.78 is 6.44. The SMILES string of the molecule is C=Cc1ccc([C@@]2(C)[C@H](C)CC[C@@]3(C)[C@@H]2CC[C@@]2(C)[C@H]3[C@H](O)C[C@H]3/C(=C(\CCC=C(C)C)C(=O)O)C(OC(=C)C)C[C@@]32C)cc1. The molecule has 0 bridgehead atoms. The first-order valence-electron chi connectivity index (χ1n) is 17.4. The van der Waals surface area contributed by atoms with Gasteiger partial charge in [0, 0.05) is 5.57 Å². The predicted molar refractivity (Wildman–Crippen MR) is 185 cm³/mol. The van der Waals surface area contributed by atoms with E-state index in [1.807, 2.05) is 13.0 Å². The molecule has 0 heterocycles. The van der Waals surface area contributed by atoms with Gasteiger partial charge in [0.2, 0.25) is 0 Å². The second kappa shape index (κ2) is 11.9. The Labute approximate surface area is 272 Å². The van der Waals surface area contributed by atoms with Crippen LogP contribution >= 0.6 is 0 Å². The molecule has 0 saturated heterocycles. The molecule has 4 saturated carbocycles. The van der Waals surface area contributed by atoms with Gasteiger partial charge in [-0.15, -0.1) is 0 Å². The van der Waals surface area contributed by atoms with Crippen molar-refractivity contribution in [2.24, 2.45) is 39.9 Å². The van der Waals surface area contributed by atoms with Crippen LogP contribution in [0.25, 0.3) is 6.08 Å². The second-order valence-corrected chi connectivity index (χ2v) is 16.4. The topological polar surface area (TPSA) is 66.8 Å². The minimum atomic E-state index is -0.858. The van der Waals surface area contributed by atoms with Crippen LogP contribution in [0.2, 0.25) is 0 Å². The van der Waals surface area contributed by atoms with Gasteiger partial charge >= 0.3 is 5.97 Å². The summed E-state index contributed by atoms with van der Waals surface area (Å²) in [5.41, 5.74) is 4.69. The average molecular weight is 615 g/mol. The Bertz CT molecular complexity index is 1400. The van der Waals surface area contributed by atoms with Gasteiger partial charge in [0.1, 0.15) is 6.10 Å². The summed E-state index contributed by atoms with van der Waals surface area (Å²) >= 11 is 0. The van der Waals surface area contributed by atoms with E-state index in [2.05, 4.69) is 92.0 Å². The van der Waals surface area contributed by atoms with Gasteiger partial charge in [0.25, 0.3) is 0 Å². The summed E-state index contributed by atoms with van der Waals surface area (Å²) in [6.07, 6.45) is 10.0. The van der Waals surface area contributed by atoms with Gasteiger partial charge in [-0.3, -0.25) is 0 Å². The van der Waals surface area contributed by atoms with Crippen LogP contribution in [-0.2, 0) is 14.9 Å². The molecular weight excluding hydrogens is 556 g/mol. The van der Waals surface area contributed by atoms with Crippen molar-refractivity contribution in [1.82, 2.24) is 0 Å². The molecule has 0 radical (unpaired) electrons. The lowest BCUT2D eigenvalue weighted by molar-refractivity contribution is -0.233. The fourth-order valence-electron chi connectivity index (χ4n) is 11.6. The van der Waals surface area contributed by atoms with E-state index < -0.39 is 12.1 Å². The zero-order valence-corrected chi connectivity index (χ0v) is 29.2. The number of hydrogen-bond acceptors (Lipinski definition) is 3. The highest BCUT2D eigenvalue weighted by atomic mass is 16.5. The van der Waals surface area contributed by atoms with Gasteiger partial charge < -0.3 is 14.9 Å². The van der Waals surface area contributed by atoms with Crippen LogP contribution in [-0.4, -0.2) is 28.4 Å². The fraction of sp³-hybridized carbons (Fsp3) is 0.634. The number of carbonyl (C=O) groups is 1. The molecule has 1 unspecified atom stereocenters. The maximum Gasteiger partial charge on any atom is 0.331 e. The van der Waals surface area contributed by atoms with E-state index in [1.165, 1.54) is 11.1 Å². The molecule has 5 rings (SSSR count). The van der Waals surface area contributed by atoms with E-state index >= 15 is 0 Å². The maximum atomic E-state index is 12.9. The molecule has 0 aromatic heterocycles. The molecule has 10 atom stereocenters. The van der Waals surface area contributed by atoms with Crippen molar-refractivity contribution in [3.8, 4) is 0 Å². The van der Waals surface area contributed by atoms with Gasteiger partial charge in [-0.25, -0.2) is 4.79 Å². The first kappa shape index (κ1) is 33.8. The minimum absolute atomic E-state index is 0.000750. The van der Waals surface area contributed by atoms with Crippen LogP contribution in [0.15, 0.2) is 66.0 Å². The summed E-state index contributed by atoms with van der Waals surface area (Å²) in [4.78, 5) is 12.9. The predicted octanol–water partition coefficient (Wildman–Crippen LogP) is 9.89. The summed E-state index contributed by atoms with van der Waals surface area (Å²) in [5, 5.41) is 23.0. The van der Waals surface area contributed by atoms with Crippen molar-refractivity contribution in [2.75, 3.05) is 0 Å². The molecule has 4 aliphatic carbocycles. The third kappa shape index (κ3) is 5.18. The van der Waals surface area contributed by atoms with E-state index in [4.69, 9.17) is 4.74 Å². The van der Waals surface area contributed by atoms with E-state index in [-0.39, 0.29) is 39.6 Å². The van der Waals surface area contributed by atoms with Gasteiger partial charge in [-0.05, 0) is 134 Å². The van der Waals surface area contributed by atoms with Gasteiger partial charge in [0.15, 0.2) is 0 Å². The highest BCUT2D eigenvalue weighted by Crippen LogP contribution is 2.76. The van der Waals surface area contributed by atoms with Gasteiger partial charge in [-0.2, -0.15) is 0 Å². The number of carboxylic acid groups (broad SMARTS) is 1. The van der Waals surface area contributed by atoms with Crippen LogP contribution in [0.1, 0.15) is 118 Å². The molecule has 0 amide bonds. The van der Waals surface area contributed by atoms with Crippen LogP contribution in [0, 0.1) is 39.9 Å². The number of rotatable bonds is 8. The molecule has 4 aliphatic rings. The molecule has 4 nitrogen and oxygen atoms in total. The van der Waals surface area contributed by atoms with E-state index in [0.29, 0.717) is 42.4 Å². The second-order valence-electron chi connectivity index (χ2n) is 16.4. The number of carboxylic acids is 1. The van der Waals surface area contributed by atoms with E-state index in [1.54, 1.807) is 0 Å². The van der Waals surface area contributed by atoms with E-state index in [0.717, 1.165) is 43.2 Å².